The van der Waals surface area contributed by atoms with Gasteiger partial charge >= 0.3 is 0 Å². The normalized spacial score (nSPS) is 18.3. The van der Waals surface area contributed by atoms with Gasteiger partial charge in [0, 0.05) is 24.3 Å². The molecule has 0 radical (unpaired) electrons. The highest BCUT2D eigenvalue weighted by molar-refractivity contribution is 5.78. The molecular weight excluding hydrogens is 391 g/mol. The van der Waals surface area contributed by atoms with Gasteiger partial charge in [-0.15, -0.1) is 0 Å². The summed E-state index contributed by atoms with van der Waals surface area (Å²) in [5.74, 6) is 0.321. The molecule has 0 amide bonds. The van der Waals surface area contributed by atoms with Crippen LogP contribution in [0.25, 0.3) is 11.6 Å². The molecule has 1 saturated carbocycles. The topological polar surface area (TPSA) is 53.1 Å². The highest BCUT2D eigenvalue weighted by Gasteiger charge is 2.34. The van der Waals surface area contributed by atoms with Crippen molar-refractivity contribution < 1.29 is 9.50 Å². The number of hydrogen-bond acceptors (Lipinski definition) is 4. The minimum absolute atomic E-state index is 0.159. The number of aromatic nitrogens is 2. The molecule has 1 saturated heterocycles. The second-order valence-electron chi connectivity index (χ2n) is 8.60. The predicted molar refractivity (Wildman–Crippen MR) is 123 cm³/mol. The van der Waals surface area contributed by atoms with E-state index in [1.165, 1.54) is 24.5 Å². The van der Waals surface area contributed by atoms with Gasteiger partial charge in [0.15, 0.2) is 0 Å². The number of hydrogen-bond donors (Lipinski definition) is 1. The molecule has 5 rings (SSSR count). The average molecular weight is 419 g/mol. The number of imidazole rings is 1. The van der Waals surface area contributed by atoms with Gasteiger partial charge in [-0.1, -0.05) is 18.7 Å². The van der Waals surface area contributed by atoms with Gasteiger partial charge in [0.2, 0.25) is 0 Å². The summed E-state index contributed by atoms with van der Waals surface area (Å²) in [5.41, 5.74) is 5.12. The molecule has 1 aliphatic heterocycles. The number of aliphatic hydroxyl groups excluding tert-OH is 1. The van der Waals surface area contributed by atoms with Crippen LogP contribution in [0.2, 0.25) is 0 Å². The number of pyridine rings is 1. The van der Waals surface area contributed by atoms with Crippen molar-refractivity contribution in [3.8, 4) is 0 Å². The van der Waals surface area contributed by atoms with E-state index in [-0.39, 0.29) is 17.4 Å². The highest BCUT2D eigenvalue weighted by atomic mass is 19.1. The Morgan fingerprint density at radius 1 is 1.16 bits per heavy atom. The molecule has 1 atom stereocenters. The number of fused-ring (bicyclic) bond motifs is 1. The number of rotatable bonds is 6. The fourth-order valence-electron chi connectivity index (χ4n) is 4.97. The predicted octanol–water partition coefficient (Wildman–Crippen LogP) is 5.28. The Hall–Kier alpha value is -2.99. The Bertz CT molecular complexity index is 1140. The number of aliphatic imine (C=N–C) groups is 1. The summed E-state index contributed by atoms with van der Waals surface area (Å²) in [5, 5.41) is 11.4. The second-order valence-corrected chi connectivity index (χ2v) is 8.60. The zero-order chi connectivity index (χ0) is 21.5. The maximum atomic E-state index is 14.1. The van der Waals surface area contributed by atoms with Crippen LogP contribution in [0.15, 0.2) is 48.4 Å². The third-order valence-corrected chi connectivity index (χ3v) is 6.79. The maximum absolute atomic E-state index is 14.1. The minimum atomic E-state index is -0.534. The molecule has 5 nitrogen and oxygen atoms in total. The van der Waals surface area contributed by atoms with Gasteiger partial charge in [-0.2, -0.15) is 0 Å². The molecule has 1 aromatic carbocycles. The lowest BCUT2D eigenvalue weighted by molar-refractivity contribution is 0.0871. The summed E-state index contributed by atoms with van der Waals surface area (Å²) in [4.78, 5) is 10.4. The second kappa shape index (κ2) is 7.93. The van der Waals surface area contributed by atoms with Crippen LogP contribution in [0.5, 0.6) is 0 Å². The zero-order valence-corrected chi connectivity index (χ0v) is 17.5. The lowest BCUT2D eigenvalue weighted by Crippen LogP contribution is -2.36. The van der Waals surface area contributed by atoms with Gasteiger partial charge in [0.25, 0.3) is 0 Å². The van der Waals surface area contributed by atoms with E-state index in [1.807, 2.05) is 12.5 Å². The van der Waals surface area contributed by atoms with E-state index in [0.717, 1.165) is 42.8 Å². The first-order valence-corrected chi connectivity index (χ1v) is 10.9. The van der Waals surface area contributed by atoms with Gasteiger partial charge in [-0.05, 0) is 68.0 Å². The Balaban J connectivity index is 1.39. The number of benzene rings is 1. The van der Waals surface area contributed by atoms with E-state index in [4.69, 9.17) is 0 Å². The fourth-order valence-corrected chi connectivity index (χ4v) is 4.97. The first kappa shape index (κ1) is 19.9. The molecule has 1 aliphatic carbocycles. The summed E-state index contributed by atoms with van der Waals surface area (Å²) >= 11 is 0. The monoisotopic (exact) mass is 418 g/mol. The molecule has 1 N–H and O–H groups in total. The lowest BCUT2D eigenvalue weighted by Gasteiger charge is -2.37. The summed E-state index contributed by atoms with van der Waals surface area (Å²) in [6, 6.07) is 7.49. The van der Waals surface area contributed by atoms with Gasteiger partial charge in [0.05, 0.1) is 29.8 Å². The summed E-state index contributed by atoms with van der Waals surface area (Å²) < 4.78 is 16.2. The Labute approximate surface area is 181 Å². The summed E-state index contributed by atoms with van der Waals surface area (Å²) in [6.07, 6.45) is 8.83. The van der Waals surface area contributed by atoms with E-state index in [1.54, 1.807) is 12.1 Å². The van der Waals surface area contributed by atoms with Gasteiger partial charge in [0.1, 0.15) is 11.5 Å². The summed E-state index contributed by atoms with van der Waals surface area (Å²) in [7, 11) is 0. The van der Waals surface area contributed by atoms with Gasteiger partial charge in [-0.3, -0.25) is 4.99 Å². The number of halogens is 1. The lowest BCUT2D eigenvalue weighted by atomic mass is 9.86. The number of aliphatic hydroxyl groups is 1. The molecule has 2 fully saturated rings. The van der Waals surface area contributed by atoms with Gasteiger partial charge < -0.3 is 14.4 Å². The molecule has 2 aromatic heterocycles. The van der Waals surface area contributed by atoms with Crippen molar-refractivity contribution in [2.45, 2.75) is 37.7 Å². The van der Waals surface area contributed by atoms with Crippen molar-refractivity contribution in [1.29, 1.82) is 0 Å². The molecular formula is C25H27FN4O. The van der Waals surface area contributed by atoms with Crippen LogP contribution in [0, 0.1) is 11.7 Å². The number of nitrogens with zero attached hydrogens (tertiary/aromatic N) is 4. The smallest absolute Gasteiger partial charge is 0.149 e. The molecule has 3 heterocycles. The molecule has 1 unspecified atom stereocenters. The molecule has 0 spiro atoms. The van der Waals surface area contributed by atoms with Crippen molar-refractivity contribution >= 4 is 29.7 Å². The molecule has 6 heteroatoms. The van der Waals surface area contributed by atoms with Gasteiger partial charge in [-0.25, -0.2) is 9.37 Å². The third-order valence-electron chi connectivity index (χ3n) is 6.79. The number of anilines is 1. The third kappa shape index (κ3) is 3.45. The van der Waals surface area contributed by atoms with Crippen molar-refractivity contribution in [2.24, 2.45) is 10.9 Å². The Kier molecular flexibility index (Phi) is 5.10. The van der Waals surface area contributed by atoms with Crippen LogP contribution in [-0.4, -0.2) is 34.3 Å². The Morgan fingerprint density at radius 2 is 1.94 bits per heavy atom. The molecule has 0 bridgehead atoms. The fraction of sp³-hybridized carbons (Fsp3) is 0.360. The van der Waals surface area contributed by atoms with Crippen LogP contribution < -0.4 is 4.90 Å². The van der Waals surface area contributed by atoms with Crippen molar-refractivity contribution in [3.63, 3.8) is 0 Å². The molecule has 2 aliphatic rings. The SMILES string of the molecule is C=Cc1c(N2CCC(C(O)c3c(C4CC4)ccc4cncn34)CC2)ccc(F)c1N=C. The van der Waals surface area contributed by atoms with E-state index in [0.29, 0.717) is 11.5 Å². The first-order valence-electron chi connectivity index (χ1n) is 10.9. The van der Waals surface area contributed by atoms with E-state index in [2.05, 4.69) is 44.7 Å². The van der Waals surface area contributed by atoms with Crippen LogP contribution in [-0.2, 0) is 0 Å². The van der Waals surface area contributed by atoms with Crippen molar-refractivity contribution in [3.05, 3.63) is 66.0 Å². The maximum Gasteiger partial charge on any atom is 0.149 e. The van der Waals surface area contributed by atoms with E-state index >= 15 is 0 Å². The van der Waals surface area contributed by atoms with Crippen molar-refractivity contribution in [1.82, 2.24) is 9.38 Å². The quantitative estimate of drug-likeness (QED) is 0.555. The van der Waals surface area contributed by atoms with Crippen LogP contribution in [0.4, 0.5) is 15.8 Å². The summed E-state index contributed by atoms with van der Waals surface area (Å²) in [6.45, 7) is 8.91. The Morgan fingerprint density at radius 3 is 2.61 bits per heavy atom. The molecule has 3 aromatic rings. The highest BCUT2D eigenvalue weighted by Crippen LogP contribution is 2.45. The largest absolute Gasteiger partial charge is 0.387 e. The first-order chi connectivity index (χ1) is 15.1. The van der Waals surface area contributed by atoms with Crippen LogP contribution in [0.3, 0.4) is 0 Å². The standard InChI is InChI=1S/C25H27FN4O/c1-3-19-22(9-8-21(26)23(19)27-2)29-12-10-17(11-13-29)25(31)24-20(16-4-5-16)7-6-18-14-28-15-30(18)24/h3,6-9,14-17,25,31H,1-2,4-5,10-13H2. The number of piperidine rings is 1. The molecule has 160 valence electrons. The minimum Gasteiger partial charge on any atom is -0.387 e. The van der Waals surface area contributed by atoms with E-state index in [9.17, 15) is 9.50 Å². The van der Waals surface area contributed by atoms with Crippen LogP contribution >= 0.6 is 0 Å². The van der Waals surface area contributed by atoms with Crippen LogP contribution in [0.1, 0.15) is 54.5 Å². The molecule has 31 heavy (non-hydrogen) atoms. The van der Waals surface area contributed by atoms with Crippen molar-refractivity contribution in [2.75, 3.05) is 18.0 Å². The van der Waals surface area contributed by atoms with E-state index < -0.39 is 6.10 Å². The average Bonchev–Trinajstić information content (AvgIpc) is 3.54. The zero-order valence-electron chi connectivity index (χ0n) is 17.5.